The smallest absolute Gasteiger partial charge is 0.417 e. The van der Waals surface area contributed by atoms with Crippen molar-refractivity contribution in [3.05, 3.63) is 119 Å². The number of methoxy groups -OCH3 is 4. The third-order valence-electron chi connectivity index (χ3n) is 8.24. The minimum Gasteiger partial charge on any atom is -0.495 e. The fraction of sp³-hybridized carbons (Fsp3) is 0.190. The molecule has 7 N–H and O–H groups in total. The lowest BCUT2D eigenvalue weighted by Crippen LogP contribution is -2.38. The summed E-state index contributed by atoms with van der Waals surface area (Å²) in [4.78, 5) is 39.7. The minimum absolute atomic E-state index is 0.0659. The van der Waals surface area contributed by atoms with Crippen molar-refractivity contribution < 1.29 is 56.3 Å². The number of aliphatic hydroxyl groups is 1. The number of alkyl halides is 3. The molecule has 4 amide bonds. The Bertz CT molecular complexity index is 2320. The van der Waals surface area contributed by atoms with Crippen molar-refractivity contribution >= 4 is 58.7 Å². The number of anilines is 3. The normalized spacial score (nSPS) is 11.3. The molecule has 0 unspecified atom stereocenters. The highest BCUT2D eigenvalue weighted by Gasteiger charge is 2.33. The van der Waals surface area contributed by atoms with E-state index in [0.717, 1.165) is 23.3 Å². The van der Waals surface area contributed by atoms with E-state index in [9.17, 15) is 27.6 Å². The zero-order valence-corrected chi connectivity index (χ0v) is 34.1. The number of benzene rings is 4. The molecule has 0 aliphatic carbocycles. The number of nitrogens with zero attached hydrogens (tertiary/aromatic N) is 1. The van der Waals surface area contributed by atoms with Crippen molar-refractivity contribution in [1.29, 1.82) is 0 Å². The van der Waals surface area contributed by atoms with E-state index in [-0.39, 0.29) is 17.3 Å². The number of amides is 4. The molecule has 0 bridgehead atoms. The third-order valence-corrected chi connectivity index (χ3v) is 8.57. The van der Waals surface area contributed by atoms with E-state index in [4.69, 9.17) is 46.1 Å². The highest BCUT2D eigenvalue weighted by molar-refractivity contribution is 6.31. The molecule has 15 nitrogen and oxygen atoms in total. The Morgan fingerprint density at radius 3 is 1.98 bits per heavy atom. The summed E-state index contributed by atoms with van der Waals surface area (Å²) in [5.41, 5.74) is 7.11. The summed E-state index contributed by atoms with van der Waals surface area (Å²) in [6.07, 6.45) is 0.525. The lowest BCUT2D eigenvalue weighted by atomic mass is 10.1. The van der Waals surface area contributed by atoms with E-state index in [1.165, 1.54) is 32.5 Å². The molecule has 0 fully saturated rings. The number of halogens is 4. The van der Waals surface area contributed by atoms with Crippen LogP contribution in [0.25, 0.3) is 12.2 Å². The fourth-order valence-corrected chi connectivity index (χ4v) is 5.43. The van der Waals surface area contributed by atoms with Gasteiger partial charge in [-0.05, 0) is 83.9 Å². The first-order valence-electron chi connectivity index (χ1n) is 17.9. The van der Waals surface area contributed by atoms with Crippen LogP contribution < -0.4 is 50.7 Å². The van der Waals surface area contributed by atoms with Crippen LogP contribution in [0.4, 0.5) is 35.0 Å². The average molecular weight is 867 g/mol. The van der Waals surface area contributed by atoms with Crippen LogP contribution >= 0.6 is 11.6 Å². The van der Waals surface area contributed by atoms with Gasteiger partial charge in [-0.2, -0.15) is 13.2 Å². The lowest BCUT2D eigenvalue weighted by molar-refractivity contribution is -0.137. The maximum atomic E-state index is 12.9. The number of nitrogens with one attached hydrogen (secondary N) is 4. The topological polar surface area (TPSA) is 205 Å². The Hall–Kier alpha value is -7.02. The number of carbonyl (C=O) groups is 3. The van der Waals surface area contributed by atoms with Gasteiger partial charge in [-0.1, -0.05) is 29.8 Å². The Labute approximate surface area is 353 Å². The van der Waals surface area contributed by atoms with E-state index in [1.54, 1.807) is 63.8 Å². The monoisotopic (exact) mass is 866 g/mol. The number of ether oxygens (including phenoxy) is 5. The Morgan fingerprint density at radius 1 is 0.770 bits per heavy atom. The largest absolute Gasteiger partial charge is 0.495 e. The summed E-state index contributed by atoms with van der Waals surface area (Å²) in [6, 6.07) is 19.5. The van der Waals surface area contributed by atoms with Gasteiger partial charge in [-0.25, -0.2) is 4.79 Å². The molecule has 0 saturated heterocycles. The minimum atomic E-state index is -4.64. The number of aromatic nitrogens is 1. The van der Waals surface area contributed by atoms with Gasteiger partial charge in [0.1, 0.15) is 29.0 Å². The zero-order chi connectivity index (χ0) is 44.7. The number of hydrogen-bond donors (Lipinski definition) is 6. The number of pyridine rings is 1. The van der Waals surface area contributed by atoms with Gasteiger partial charge in [0, 0.05) is 30.7 Å². The van der Waals surface area contributed by atoms with Crippen molar-refractivity contribution in [1.82, 2.24) is 10.3 Å². The summed E-state index contributed by atoms with van der Waals surface area (Å²) >= 11 is 5.57. The SMILES string of the molecule is CNC(=O)c1cc(Oc2ccc(NC(=O)Nc3ccc(Cl)c(C(F)(F)F)c3)cc2)ccn1.COc1ccc(/C=C\c2cc(OC)c(OC)c(OC)c2)cc1NC(=O)[C@@H](N)CO. The van der Waals surface area contributed by atoms with Crippen LogP contribution in [0.1, 0.15) is 27.2 Å². The summed E-state index contributed by atoms with van der Waals surface area (Å²) in [5.74, 6) is 2.05. The Morgan fingerprint density at radius 2 is 1.39 bits per heavy atom. The summed E-state index contributed by atoms with van der Waals surface area (Å²) < 4.78 is 65.8. The zero-order valence-electron chi connectivity index (χ0n) is 33.3. The van der Waals surface area contributed by atoms with Gasteiger partial charge >= 0.3 is 12.2 Å². The number of hydrogen-bond acceptors (Lipinski definition) is 11. The molecule has 0 spiro atoms. The van der Waals surface area contributed by atoms with Crippen LogP contribution in [0.2, 0.25) is 5.02 Å². The van der Waals surface area contributed by atoms with Crippen molar-refractivity contribution in [2.45, 2.75) is 12.2 Å². The molecule has 322 valence electrons. The Balaban J connectivity index is 0.000000270. The van der Waals surface area contributed by atoms with Crippen LogP contribution in [0.5, 0.6) is 34.5 Å². The second-order valence-corrected chi connectivity index (χ2v) is 12.8. The first-order chi connectivity index (χ1) is 29.1. The molecule has 1 aromatic heterocycles. The van der Waals surface area contributed by atoms with Gasteiger partial charge in [0.15, 0.2) is 11.5 Å². The van der Waals surface area contributed by atoms with Crippen LogP contribution in [0, 0.1) is 0 Å². The second kappa shape index (κ2) is 21.8. The van der Waals surface area contributed by atoms with E-state index >= 15 is 0 Å². The second-order valence-electron chi connectivity index (χ2n) is 12.4. The summed E-state index contributed by atoms with van der Waals surface area (Å²) in [6.45, 7) is -0.450. The first-order valence-corrected chi connectivity index (χ1v) is 18.2. The van der Waals surface area contributed by atoms with Gasteiger partial charge in [0.2, 0.25) is 11.7 Å². The molecule has 4 aromatic carbocycles. The van der Waals surface area contributed by atoms with Crippen LogP contribution in [0.15, 0.2) is 91.1 Å². The number of urea groups is 1. The number of rotatable bonds is 14. The first kappa shape index (κ1) is 46.7. The van der Waals surface area contributed by atoms with E-state index < -0.39 is 41.3 Å². The molecule has 1 atom stereocenters. The van der Waals surface area contributed by atoms with Crippen LogP contribution in [-0.2, 0) is 11.0 Å². The maximum absolute atomic E-state index is 12.9. The van der Waals surface area contributed by atoms with E-state index in [2.05, 4.69) is 26.3 Å². The molecule has 61 heavy (non-hydrogen) atoms. The average Bonchev–Trinajstić information content (AvgIpc) is 3.25. The standard InChI is InChI=1S/C21H16ClF3N4O3.C21H26N2O6/c1-26-19(30)18-11-15(8-9-27-18)32-14-5-2-12(3-6-14)28-20(31)29-13-4-7-17(22)16(10-13)21(23,24)25;1-26-17-8-7-13(9-16(17)23-21(25)15(22)12-24)5-6-14-10-18(27-2)20(29-4)19(11-14)28-3/h2-11H,1H3,(H,26,30)(H2,28,29,31);5-11,15,24H,12,22H2,1-4H3,(H,23,25)/b;6-5-/t;15-/m.0/s1. The van der Waals surface area contributed by atoms with Crippen molar-refractivity contribution in [3.63, 3.8) is 0 Å². The molecule has 0 aliphatic rings. The molecule has 5 aromatic rings. The van der Waals surface area contributed by atoms with E-state index in [0.29, 0.717) is 45.9 Å². The van der Waals surface area contributed by atoms with Gasteiger partial charge in [0.05, 0.1) is 51.3 Å². The molecule has 0 saturated carbocycles. The maximum Gasteiger partial charge on any atom is 0.417 e. The highest BCUT2D eigenvalue weighted by Crippen LogP contribution is 2.39. The fourth-order valence-electron chi connectivity index (χ4n) is 5.21. The molecule has 1 heterocycles. The van der Waals surface area contributed by atoms with E-state index in [1.807, 2.05) is 30.4 Å². The van der Waals surface area contributed by atoms with Gasteiger partial charge < -0.3 is 55.8 Å². The number of carbonyl (C=O) groups excluding carboxylic acids is 3. The van der Waals surface area contributed by atoms with Gasteiger partial charge in [0.25, 0.3) is 5.91 Å². The molecule has 19 heteroatoms. The lowest BCUT2D eigenvalue weighted by Gasteiger charge is -2.14. The van der Waals surface area contributed by atoms with Crippen molar-refractivity contribution in [3.8, 4) is 34.5 Å². The molecular weight excluding hydrogens is 825 g/mol. The quantitative estimate of drug-likeness (QED) is 0.0597. The third kappa shape index (κ3) is 13.2. The predicted octanol–water partition coefficient (Wildman–Crippen LogP) is 7.70. The highest BCUT2D eigenvalue weighted by atomic mass is 35.5. The number of aliphatic hydroxyl groups excluding tert-OH is 1. The van der Waals surface area contributed by atoms with Crippen molar-refractivity contribution in [2.24, 2.45) is 5.73 Å². The van der Waals surface area contributed by atoms with Gasteiger partial charge in [-0.3, -0.25) is 14.6 Å². The molecule has 5 rings (SSSR count). The Kier molecular flexibility index (Phi) is 16.7. The molecular formula is C42H42ClF3N6O9. The summed E-state index contributed by atoms with van der Waals surface area (Å²) in [7, 11) is 7.65. The number of nitrogens with two attached hydrogens (primary N) is 1. The van der Waals surface area contributed by atoms with Gasteiger partial charge in [-0.15, -0.1) is 0 Å². The summed E-state index contributed by atoms with van der Waals surface area (Å²) in [5, 5.41) is 18.5. The predicted molar refractivity (Wildman–Crippen MR) is 225 cm³/mol. The molecule has 0 radical (unpaired) electrons. The van der Waals surface area contributed by atoms with Crippen LogP contribution in [0.3, 0.4) is 0 Å². The molecule has 0 aliphatic heterocycles. The van der Waals surface area contributed by atoms with Crippen molar-refractivity contribution in [2.75, 3.05) is 58.0 Å². The van der Waals surface area contributed by atoms with Crippen LogP contribution in [-0.4, -0.2) is 76.1 Å².